The van der Waals surface area contributed by atoms with Crippen LogP contribution in [-0.4, -0.2) is 69.5 Å². The lowest BCUT2D eigenvalue weighted by Gasteiger charge is -2.25. The van der Waals surface area contributed by atoms with Crippen LogP contribution in [0.2, 0.25) is 0 Å². The molecule has 2 fully saturated rings. The Hall–Kier alpha value is -1.78. The summed E-state index contributed by atoms with van der Waals surface area (Å²) in [4.78, 5) is 6.84. The van der Waals surface area contributed by atoms with Crippen molar-refractivity contribution in [2.45, 2.75) is 45.7 Å². The smallest absolute Gasteiger partial charge is 0.235 e. The predicted molar refractivity (Wildman–Crippen MR) is 103 cm³/mol. The third kappa shape index (κ3) is 3.27. The molecule has 28 heavy (non-hydrogen) atoms. The quantitative estimate of drug-likeness (QED) is 0.708. The van der Waals surface area contributed by atoms with Crippen LogP contribution in [0.25, 0.3) is 0 Å². The van der Waals surface area contributed by atoms with Gasteiger partial charge >= 0.3 is 0 Å². The summed E-state index contributed by atoms with van der Waals surface area (Å²) in [6.07, 6.45) is 3.99. The van der Waals surface area contributed by atoms with Crippen molar-refractivity contribution in [1.29, 1.82) is 0 Å². The van der Waals surface area contributed by atoms with Crippen LogP contribution in [0.4, 0.5) is 0 Å². The van der Waals surface area contributed by atoms with Gasteiger partial charge in [0.25, 0.3) is 0 Å². The molecule has 4 rings (SSSR count). The molecule has 2 saturated heterocycles. The zero-order valence-corrected chi connectivity index (χ0v) is 17.7. The van der Waals surface area contributed by atoms with E-state index in [1.165, 1.54) is 0 Å². The summed E-state index contributed by atoms with van der Waals surface area (Å²) >= 11 is 0. The highest BCUT2D eigenvalue weighted by atomic mass is 32.2. The van der Waals surface area contributed by atoms with Crippen LogP contribution in [0.1, 0.15) is 44.1 Å². The second kappa shape index (κ2) is 6.93. The first-order chi connectivity index (χ1) is 13.2. The molecule has 0 unspecified atom stereocenters. The molecule has 0 spiro atoms. The fraction of sp³-hybridized carbons (Fsp3) is 0.722. The van der Waals surface area contributed by atoms with Crippen LogP contribution < -0.4 is 0 Å². The number of sulfonamides is 1. The van der Waals surface area contributed by atoms with Gasteiger partial charge in [0.05, 0.1) is 17.4 Å². The monoisotopic (exact) mass is 408 g/mol. The number of fused-ring (bicyclic) bond motifs is 1. The molecule has 2 aliphatic rings. The lowest BCUT2D eigenvalue weighted by Crippen LogP contribution is -2.40. The Bertz CT molecular complexity index is 952. The van der Waals surface area contributed by atoms with Gasteiger partial charge in [-0.3, -0.25) is 9.58 Å². The molecule has 0 bridgehead atoms. The highest BCUT2D eigenvalue weighted by Crippen LogP contribution is 2.45. The molecule has 2 aliphatic heterocycles. The molecular weight excluding hydrogens is 380 g/mol. The summed E-state index contributed by atoms with van der Waals surface area (Å²) in [6, 6.07) is 0.326. The van der Waals surface area contributed by atoms with Gasteiger partial charge in [-0.1, -0.05) is 5.16 Å². The SMILES string of the molecule is CCS(=O)(=O)N1C[C@@H]2CN(Cc3cnn(C(C)C)c3)C[C@]2(c2nc(C)no2)C1. The van der Waals surface area contributed by atoms with E-state index in [4.69, 9.17) is 4.52 Å². The van der Waals surface area contributed by atoms with Gasteiger partial charge in [0, 0.05) is 56.4 Å². The van der Waals surface area contributed by atoms with E-state index in [0.717, 1.165) is 18.7 Å². The Morgan fingerprint density at radius 3 is 2.71 bits per heavy atom. The molecule has 2 atom stereocenters. The van der Waals surface area contributed by atoms with Gasteiger partial charge in [-0.15, -0.1) is 0 Å². The highest BCUT2D eigenvalue weighted by molar-refractivity contribution is 7.89. The van der Waals surface area contributed by atoms with Crippen LogP contribution in [0.3, 0.4) is 0 Å². The number of aromatic nitrogens is 4. The number of aryl methyl sites for hydroxylation is 1. The lowest BCUT2D eigenvalue weighted by atomic mass is 9.81. The van der Waals surface area contributed by atoms with Crippen molar-refractivity contribution in [3.63, 3.8) is 0 Å². The van der Waals surface area contributed by atoms with Crippen LogP contribution in [-0.2, 0) is 22.0 Å². The molecule has 9 nitrogen and oxygen atoms in total. The predicted octanol–water partition coefficient (Wildman–Crippen LogP) is 1.19. The topological polar surface area (TPSA) is 97.4 Å². The van der Waals surface area contributed by atoms with E-state index in [2.05, 4.69) is 40.2 Å². The normalized spacial score (nSPS) is 26.4. The maximum absolute atomic E-state index is 12.5. The summed E-state index contributed by atoms with van der Waals surface area (Å²) in [6.45, 7) is 10.9. The van der Waals surface area contributed by atoms with Crippen LogP contribution in [0.5, 0.6) is 0 Å². The summed E-state index contributed by atoms with van der Waals surface area (Å²) in [5, 5.41) is 8.40. The van der Waals surface area contributed by atoms with Crippen molar-refractivity contribution >= 4 is 10.0 Å². The average molecular weight is 409 g/mol. The molecule has 2 aromatic heterocycles. The summed E-state index contributed by atoms with van der Waals surface area (Å²) < 4.78 is 34.1. The third-order valence-electron chi connectivity index (χ3n) is 5.95. The van der Waals surface area contributed by atoms with Crippen molar-refractivity contribution < 1.29 is 12.9 Å². The van der Waals surface area contributed by atoms with Gasteiger partial charge in [-0.25, -0.2) is 12.7 Å². The Labute approximate surface area is 165 Å². The Morgan fingerprint density at radius 2 is 2.11 bits per heavy atom. The summed E-state index contributed by atoms with van der Waals surface area (Å²) in [5.41, 5.74) is 0.709. The maximum atomic E-state index is 12.5. The van der Waals surface area contributed by atoms with Gasteiger partial charge in [0.1, 0.15) is 0 Å². The molecule has 154 valence electrons. The zero-order chi connectivity index (χ0) is 20.1. The lowest BCUT2D eigenvalue weighted by molar-refractivity contribution is 0.244. The largest absolute Gasteiger partial charge is 0.339 e. The number of hydrogen-bond acceptors (Lipinski definition) is 7. The average Bonchev–Trinajstić information content (AvgIpc) is 3.37. The Balaban J connectivity index is 1.59. The molecule has 10 heteroatoms. The van der Waals surface area contributed by atoms with E-state index < -0.39 is 15.4 Å². The minimum absolute atomic E-state index is 0.108. The molecule has 0 radical (unpaired) electrons. The van der Waals surface area contributed by atoms with E-state index >= 15 is 0 Å². The van der Waals surface area contributed by atoms with Gasteiger partial charge in [0.2, 0.25) is 15.9 Å². The minimum Gasteiger partial charge on any atom is -0.339 e. The second-order valence-corrected chi connectivity index (χ2v) is 10.5. The number of nitrogens with zero attached hydrogens (tertiary/aromatic N) is 6. The first kappa shape index (κ1) is 19.5. The van der Waals surface area contributed by atoms with Gasteiger partial charge in [0.15, 0.2) is 5.82 Å². The second-order valence-electron chi connectivity index (χ2n) is 8.28. The first-order valence-electron chi connectivity index (χ1n) is 9.77. The van der Waals surface area contributed by atoms with Crippen molar-refractivity contribution in [3.8, 4) is 0 Å². The maximum Gasteiger partial charge on any atom is 0.235 e. The standard InChI is InChI=1S/C18H28N6O3S/c1-5-28(25,26)23-10-16-9-22(7-15-6-19-24(8-15)13(2)3)11-18(16,12-23)17-20-14(4)21-27-17/h6,8,13,16H,5,7,9-12H2,1-4H3/t16-,18-/m0/s1. The van der Waals surface area contributed by atoms with E-state index in [1.54, 1.807) is 18.2 Å². The van der Waals surface area contributed by atoms with Crippen molar-refractivity contribution in [3.05, 3.63) is 29.7 Å². The first-order valence-corrected chi connectivity index (χ1v) is 11.4. The van der Waals surface area contributed by atoms with Crippen LogP contribution in [0, 0.1) is 12.8 Å². The van der Waals surface area contributed by atoms with Crippen molar-refractivity contribution in [2.75, 3.05) is 31.9 Å². The number of rotatable bonds is 6. The molecule has 4 heterocycles. The Morgan fingerprint density at radius 1 is 1.32 bits per heavy atom. The van der Waals surface area contributed by atoms with E-state index in [0.29, 0.717) is 37.4 Å². The number of hydrogen-bond donors (Lipinski definition) is 0. The van der Waals surface area contributed by atoms with E-state index in [-0.39, 0.29) is 11.7 Å². The molecule has 0 saturated carbocycles. The summed E-state index contributed by atoms with van der Waals surface area (Å²) in [7, 11) is -3.25. The van der Waals surface area contributed by atoms with Crippen molar-refractivity contribution in [2.24, 2.45) is 5.92 Å². The molecule has 0 aliphatic carbocycles. The fourth-order valence-electron chi connectivity index (χ4n) is 4.44. The molecule has 2 aromatic rings. The van der Waals surface area contributed by atoms with Crippen LogP contribution in [0.15, 0.2) is 16.9 Å². The van der Waals surface area contributed by atoms with E-state index in [9.17, 15) is 8.42 Å². The highest BCUT2D eigenvalue weighted by Gasteiger charge is 2.58. The van der Waals surface area contributed by atoms with Crippen LogP contribution >= 0.6 is 0 Å². The third-order valence-corrected chi connectivity index (χ3v) is 7.74. The van der Waals surface area contributed by atoms with Gasteiger partial charge in [-0.05, 0) is 27.7 Å². The molecule has 0 aromatic carbocycles. The van der Waals surface area contributed by atoms with Crippen molar-refractivity contribution in [1.82, 2.24) is 29.1 Å². The Kier molecular flexibility index (Phi) is 4.83. The fourth-order valence-corrected chi connectivity index (χ4v) is 5.64. The van der Waals surface area contributed by atoms with Gasteiger partial charge in [-0.2, -0.15) is 10.1 Å². The molecule has 0 amide bonds. The molecular formula is C18H28N6O3S. The summed E-state index contributed by atoms with van der Waals surface area (Å²) in [5.74, 6) is 1.38. The van der Waals surface area contributed by atoms with E-state index in [1.807, 2.05) is 10.9 Å². The van der Waals surface area contributed by atoms with Gasteiger partial charge < -0.3 is 4.52 Å². The number of likely N-dealkylation sites (tertiary alicyclic amines) is 1. The zero-order valence-electron chi connectivity index (χ0n) is 16.9. The minimum atomic E-state index is -3.25. The molecule has 0 N–H and O–H groups in total.